The molecule has 1 aliphatic heterocycles. The molecule has 1 heterocycles. The molecule has 1 aromatic rings. The van der Waals surface area contributed by atoms with Crippen molar-refractivity contribution < 1.29 is 14.3 Å². The second-order valence-electron chi connectivity index (χ2n) is 6.61. The summed E-state index contributed by atoms with van der Waals surface area (Å²) in [6.07, 6.45) is 1.02. The lowest BCUT2D eigenvalue weighted by Gasteiger charge is -2.20. The van der Waals surface area contributed by atoms with Crippen molar-refractivity contribution in [3.8, 4) is 5.75 Å². The van der Waals surface area contributed by atoms with Crippen LogP contribution in [0.2, 0.25) is 0 Å². The van der Waals surface area contributed by atoms with E-state index in [9.17, 15) is 9.59 Å². The molecule has 0 spiro atoms. The number of amides is 3. The quantitative estimate of drug-likeness (QED) is 0.813. The van der Waals surface area contributed by atoms with E-state index < -0.39 is 6.04 Å². The van der Waals surface area contributed by atoms with Gasteiger partial charge in [0, 0.05) is 45.5 Å². The van der Waals surface area contributed by atoms with Gasteiger partial charge in [0.2, 0.25) is 5.91 Å². The number of nitrogens with one attached hydrogen (secondary N) is 2. The van der Waals surface area contributed by atoms with Crippen LogP contribution in [0.25, 0.3) is 0 Å². The van der Waals surface area contributed by atoms with E-state index in [0.29, 0.717) is 12.5 Å². The van der Waals surface area contributed by atoms with Crippen LogP contribution in [0.5, 0.6) is 5.75 Å². The molecule has 138 valence electrons. The number of anilines is 1. The van der Waals surface area contributed by atoms with Gasteiger partial charge in [0.15, 0.2) is 0 Å². The first-order chi connectivity index (χ1) is 11.9. The van der Waals surface area contributed by atoms with Crippen LogP contribution in [0.4, 0.5) is 10.5 Å². The monoisotopic (exact) mass is 348 g/mol. The van der Waals surface area contributed by atoms with E-state index >= 15 is 0 Å². The van der Waals surface area contributed by atoms with E-state index in [1.165, 1.54) is 4.90 Å². The minimum Gasteiger partial charge on any atom is -0.497 e. The van der Waals surface area contributed by atoms with E-state index in [2.05, 4.69) is 21.6 Å². The molecule has 2 N–H and O–H groups in total. The summed E-state index contributed by atoms with van der Waals surface area (Å²) in [6, 6.07) is 7.17. The van der Waals surface area contributed by atoms with Crippen LogP contribution in [0.1, 0.15) is 13.3 Å². The number of hydrogen-bond donors (Lipinski definition) is 2. The fraction of sp³-hybridized carbons (Fsp3) is 0.556. The fourth-order valence-electron chi connectivity index (χ4n) is 2.97. The molecular formula is C18H28N4O3. The van der Waals surface area contributed by atoms with Crippen molar-refractivity contribution in [2.45, 2.75) is 19.4 Å². The molecule has 1 aromatic carbocycles. The van der Waals surface area contributed by atoms with Gasteiger partial charge in [-0.05, 0) is 31.4 Å². The summed E-state index contributed by atoms with van der Waals surface area (Å²) in [5.41, 5.74) is 1.14. The van der Waals surface area contributed by atoms with Crippen molar-refractivity contribution in [1.29, 1.82) is 0 Å². The van der Waals surface area contributed by atoms with Gasteiger partial charge in [0.25, 0.3) is 0 Å². The van der Waals surface area contributed by atoms with Crippen molar-refractivity contribution in [3.05, 3.63) is 24.3 Å². The molecule has 0 bridgehead atoms. The van der Waals surface area contributed by atoms with Gasteiger partial charge in [0.1, 0.15) is 11.8 Å². The Bertz CT molecular complexity index is 606. The highest BCUT2D eigenvalue weighted by atomic mass is 16.5. The molecule has 0 saturated carbocycles. The topological polar surface area (TPSA) is 73.9 Å². The Kier molecular flexibility index (Phi) is 6.50. The van der Waals surface area contributed by atoms with Crippen LogP contribution in [0.15, 0.2) is 24.3 Å². The lowest BCUT2D eigenvalue weighted by molar-refractivity contribution is -0.130. The molecule has 0 unspecified atom stereocenters. The summed E-state index contributed by atoms with van der Waals surface area (Å²) in [6.45, 7) is 4.12. The van der Waals surface area contributed by atoms with Gasteiger partial charge in [-0.1, -0.05) is 6.07 Å². The first kappa shape index (κ1) is 18.9. The van der Waals surface area contributed by atoms with Gasteiger partial charge in [-0.15, -0.1) is 0 Å². The summed E-state index contributed by atoms with van der Waals surface area (Å²) in [4.78, 5) is 27.5. The number of nitrogens with zero attached hydrogens (tertiary/aromatic N) is 2. The summed E-state index contributed by atoms with van der Waals surface area (Å²) in [5.74, 6) is 1.11. The number of likely N-dealkylation sites (N-methyl/N-ethyl adjacent to an activating group) is 1. The minimum atomic E-state index is -0.535. The Morgan fingerprint density at radius 2 is 2.16 bits per heavy atom. The highest BCUT2D eigenvalue weighted by Gasteiger charge is 2.24. The van der Waals surface area contributed by atoms with E-state index in [-0.39, 0.29) is 11.9 Å². The Balaban J connectivity index is 1.77. The summed E-state index contributed by atoms with van der Waals surface area (Å²) in [7, 11) is 5.00. The summed E-state index contributed by atoms with van der Waals surface area (Å²) >= 11 is 0. The van der Waals surface area contributed by atoms with E-state index in [0.717, 1.165) is 30.9 Å². The zero-order chi connectivity index (χ0) is 18.4. The molecule has 1 aliphatic rings. The largest absolute Gasteiger partial charge is 0.497 e. The molecule has 3 amide bonds. The Morgan fingerprint density at radius 1 is 1.40 bits per heavy atom. The smallest absolute Gasteiger partial charge is 0.315 e. The summed E-state index contributed by atoms with van der Waals surface area (Å²) < 4.78 is 5.27. The zero-order valence-electron chi connectivity index (χ0n) is 15.4. The second kappa shape index (κ2) is 8.60. The van der Waals surface area contributed by atoms with Gasteiger partial charge in [-0.3, -0.25) is 4.79 Å². The predicted octanol–water partition coefficient (Wildman–Crippen LogP) is 1.30. The first-order valence-corrected chi connectivity index (χ1v) is 8.55. The molecular weight excluding hydrogens is 320 g/mol. The fourth-order valence-corrected chi connectivity index (χ4v) is 2.97. The van der Waals surface area contributed by atoms with Crippen LogP contribution < -0.4 is 20.3 Å². The van der Waals surface area contributed by atoms with E-state index in [4.69, 9.17) is 4.74 Å². The van der Waals surface area contributed by atoms with Gasteiger partial charge >= 0.3 is 6.03 Å². The average Bonchev–Trinajstić information content (AvgIpc) is 3.08. The highest BCUT2D eigenvalue weighted by molar-refractivity contribution is 5.86. The molecule has 0 aliphatic carbocycles. The highest BCUT2D eigenvalue weighted by Crippen LogP contribution is 2.26. The Hall–Kier alpha value is -2.44. The van der Waals surface area contributed by atoms with Gasteiger partial charge in [0.05, 0.1) is 7.11 Å². The number of ether oxygens (including phenoxy) is 1. The lowest BCUT2D eigenvalue weighted by Crippen LogP contribution is -2.48. The molecule has 7 heteroatoms. The van der Waals surface area contributed by atoms with Crippen LogP contribution in [-0.2, 0) is 4.79 Å². The lowest BCUT2D eigenvalue weighted by atomic mass is 10.1. The van der Waals surface area contributed by atoms with Crippen molar-refractivity contribution in [3.63, 3.8) is 0 Å². The average molecular weight is 348 g/mol. The molecule has 2 atom stereocenters. The molecule has 25 heavy (non-hydrogen) atoms. The van der Waals surface area contributed by atoms with Crippen molar-refractivity contribution in [1.82, 2.24) is 15.5 Å². The van der Waals surface area contributed by atoms with Gasteiger partial charge in [-0.2, -0.15) is 0 Å². The molecule has 2 rings (SSSR count). The maximum absolute atomic E-state index is 11.9. The molecule has 0 aromatic heterocycles. The third kappa shape index (κ3) is 5.27. The standard InChI is InChI=1S/C18H28N4O3/c1-13(17(23)21(2)3)20-18(24)19-11-14-8-9-22(12-14)15-6-5-7-16(10-15)25-4/h5-7,10,13-14H,8-9,11-12H2,1-4H3,(H2,19,20,24)/t13-,14-/m1/s1. The molecule has 1 fully saturated rings. The van der Waals surface area contributed by atoms with E-state index in [1.807, 2.05) is 18.2 Å². The summed E-state index contributed by atoms with van der Waals surface area (Å²) in [5, 5.41) is 5.54. The number of methoxy groups -OCH3 is 1. The van der Waals surface area contributed by atoms with Crippen molar-refractivity contribution >= 4 is 17.6 Å². The van der Waals surface area contributed by atoms with Crippen molar-refractivity contribution in [2.75, 3.05) is 45.7 Å². The van der Waals surface area contributed by atoms with Gasteiger partial charge < -0.3 is 25.2 Å². The number of benzene rings is 1. The minimum absolute atomic E-state index is 0.125. The predicted molar refractivity (Wildman–Crippen MR) is 98.0 cm³/mol. The number of carbonyl (C=O) groups excluding carboxylic acids is 2. The zero-order valence-corrected chi connectivity index (χ0v) is 15.4. The third-order valence-corrected chi connectivity index (χ3v) is 4.41. The molecule has 1 saturated heterocycles. The number of urea groups is 1. The van der Waals surface area contributed by atoms with E-state index in [1.54, 1.807) is 28.1 Å². The maximum atomic E-state index is 11.9. The molecule has 0 radical (unpaired) electrons. The normalized spacial score (nSPS) is 17.8. The number of rotatable bonds is 6. The van der Waals surface area contributed by atoms with Crippen LogP contribution in [0, 0.1) is 5.92 Å². The number of carbonyl (C=O) groups is 2. The van der Waals surface area contributed by atoms with Crippen LogP contribution >= 0.6 is 0 Å². The second-order valence-corrected chi connectivity index (χ2v) is 6.61. The maximum Gasteiger partial charge on any atom is 0.315 e. The first-order valence-electron chi connectivity index (χ1n) is 8.55. The third-order valence-electron chi connectivity index (χ3n) is 4.41. The van der Waals surface area contributed by atoms with Crippen LogP contribution in [-0.4, -0.2) is 63.7 Å². The number of hydrogen-bond acceptors (Lipinski definition) is 4. The van der Waals surface area contributed by atoms with Gasteiger partial charge in [-0.25, -0.2) is 4.79 Å². The SMILES string of the molecule is COc1cccc(N2CC[C@H](CNC(=O)N[C@H](C)C(=O)N(C)C)C2)c1. The molecule has 7 nitrogen and oxygen atoms in total. The Morgan fingerprint density at radius 3 is 2.84 bits per heavy atom. The van der Waals surface area contributed by atoms with Crippen molar-refractivity contribution in [2.24, 2.45) is 5.92 Å². The Labute approximate surface area is 149 Å². The van der Waals surface area contributed by atoms with Crippen LogP contribution in [0.3, 0.4) is 0 Å².